The molecule has 2 heterocycles. The number of piperidine rings is 1. The summed E-state index contributed by atoms with van der Waals surface area (Å²) < 4.78 is 13.6. The van der Waals surface area contributed by atoms with E-state index < -0.39 is 12.4 Å². The van der Waals surface area contributed by atoms with Crippen molar-refractivity contribution in [2.75, 3.05) is 26.2 Å². The lowest BCUT2D eigenvalue weighted by molar-refractivity contribution is 0.0228. The van der Waals surface area contributed by atoms with Gasteiger partial charge in [0.2, 0.25) is 0 Å². The van der Waals surface area contributed by atoms with Crippen molar-refractivity contribution in [3.63, 3.8) is 0 Å². The van der Waals surface area contributed by atoms with Crippen LogP contribution < -0.4 is 31.9 Å². The first kappa shape index (κ1) is 25.5. The molecule has 8 heteroatoms. The Hall–Kier alpha value is -0.610. The normalized spacial score (nSPS) is 36.2. The number of rotatable bonds is 9. The second-order valence-corrected chi connectivity index (χ2v) is 10.8. The molecular formula is C25H47FN6O. The Morgan fingerprint density at radius 1 is 1.09 bits per heavy atom. The van der Waals surface area contributed by atoms with Crippen LogP contribution in [0.2, 0.25) is 0 Å². The lowest BCUT2D eigenvalue weighted by Gasteiger charge is -2.42. The number of hydrogen-bond acceptors (Lipinski definition) is 7. The van der Waals surface area contributed by atoms with E-state index in [0.29, 0.717) is 18.8 Å². The van der Waals surface area contributed by atoms with Gasteiger partial charge >= 0.3 is 0 Å². The molecule has 0 aromatic heterocycles. The number of piperazine rings is 1. The first-order chi connectivity index (χ1) is 16.1. The second-order valence-electron chi connectivity index (χ2n) is 10.8. The number of nitrogens with one attached hydrogen (secondary N) is 6. The molecule has 4 aliphatic rings. The maximum absolute atomic E-state index is 13.6. The Morgan fingerprint density at radius 3 is 2.64 bits per heavy atom. The highest BCUT2D eigenvalue weighted by Gasteiger charge is 2.34. The topological polar surface area (TPSA) is 92.4 Å². The van der Waals surface area contributed by atoms with Crippen molar-refractivity contribution in [1.29, 1.82) is 0 Å². The Morgan fingerprint density at radius 2 is 1.91 bits per heavy atom. The minimum Gasteiger partial charge on any atom is -0.378 e. The molecule has 0 amide bonds. The average Bonchev–Trinajstić information content (AvgIpc) is 2.84. The quantitative estimate of drug-likeness (QED) is 0.205. The molecular weight excluding hydrogens is 419 g/mol. The van der Waals surface area contributed by atoms with Crippen molar-refractivity contribution < 1.29 is 9.50 Å². The third kappa shape index (κ3) is 7.95. The van der Waals surface area contributed by atoms with Gasteiger partial charge in [0.15, 0.2) is 0 Å². The Kier molecular flexibility index (Phi) is 9.97. The SMILES string of the molecule is C[C@H](NC1CC(C(O)NCC2CCCCC2)CC(NC2CNCCN2)N1)C1=CCC(F)CC1. The van der Waals surface area contributed by atoms with Crippen molar-refractivity contribution in [3.8, 4) is 0 Å². The second kappa shape index (κ2) is 12.9. The number of hydrogen-bond donors (Lipinski definition) is 7. The fraction of sp³-hybridized carbons (Fsp3) is 0.920. The van der Waals surface area contributed by atoms with Gasteiger partial charge in [-0.2, -0.15) is 0 Å². The highest BCUT2D eigenvalue weighted by Crippen LogP contribution is 2.27. The fourth-order valence-electron chi connectivity index (χ4n) is 6.05. The van der Waals surface area contributed by atoms with Crippen LogP contribution in [0.4, 0.5) is 4.39 Å². The monoisotopic (exact) mass is 466 g/mol. The third-order valence-electron chi connectivity index (χ3n) is 8.10. The molecule has 190 valence electrons. The van der Waals surface area contributed by atoms with Crippen LogP contribution >= 0.6 is 0 Å². The molecule has 2 aliphatic carbocycles. The first-order valence-electron chi connectivity index (χ1n) is 13.5. The maximum atomic E-state index is 13.6. The highest BCUT2D eigenvalue weighted by molar-refractivity contribution is 5.14. The van der Waals surface area contributed by atoms with E-state index in [0.717, 1.165) is 45.4 Å². The molecule has 33 heavy (non-hydrogen) atoms. The van der Waals surface area contributed by atoms with Gasteiger partial charge in [0.1, 0.15) is 12.4 Å². The van der Waals surface area contributed by atoms with Crippen molar-refractivity contribution in [1.82, 2.24) is 31.9 Å². The van der Waals surface area contributed by atoms with Gasteiger partial charge in [0, 0.05) is 38.1 Å². The molecule has 3 fully saturated rings. The van der Waals surface area contributed by atoms with E-state index in [9.17, 15) is 9.50 Å². The molecule has 6 unspecified atom stereocenters. The zero-order chi connectivity index (χ0) is 23.0. The third-order valence-corrected chi connectivity index (χ3v) is 8.10. The Bertz CT molecular complexity index is 610. The zero-order valence-electron chi connectivity index (χ0n) is 20.4. The summed E-state index contributed by atoms with van der Waals surface area (Å²) in [6.45, 7) is 5.96. The summed E-state index contributed by atoms with van der Waals surface area (Å²) >= 11 is 0. The molecule has 7 nitrogen and oxygen atoms in total. The molecule has 7 N–H and O–H groups in total. The van der Waals surface area contributed by atoms with E-state index in [1.807, 2.05) is 0 Å². The summed E-state index contributed by atoms with van der Waals surface area (Å²) in [6.07, 6.45) is 11.7. The van der Waals surface area contributed by atoms with Crippen molar-refractivity contribution >= 4 is 0 Å². The predicted molar refractivity (Wildman–Crippen MR) is 131 cm³/mol. The Balaban J connectivity index is 1.33. The van der Waals surface area contributed by atoms with Gasteiger partial charge in [-0.25, -0.2) is 4.39 Å². The molecule has 1 saturated carbocycles. The zero-order valence-corrected chi connectivity index (χ0v) is 20.4. The summed E-state index contributed by atoms with van der Waals surface area (Å²) in [5, 5.41) is 32.7. The van der Waals surface area contributed by atoms with E-state index >= 15 is 0 Å². The highest BCUT2D eigenvalue weighted by atomic mass is 19.1. The van der Waals surface area contributed by atoms with E-state index in [-0.39, 0.29) is 30.5 Å². The lowest BCUT2D eigenvalue weighted by Crippen LogP contribution is -2.66. The van der Waals surface area contributed by atoms with E-state index in [4.69, 9.17) is 0 Å². The van der Waals surface area contributed by atoms with Gasteiger partial charge in [0.25, 0.3) is 0 Å². The standard InChI is InChI=1S/C25H47FN6O/c1-17(19-7-9-21(26)10-8-19)30-22-13-20(25(33)29-15-18-5-3-2-4-6-18)14-23(31-22)32-24-16-27-11-12-28-24/h7,17-18,20-25,27-33H,2-6,8-16H2,1H3/t17-,20?,21?,22?,23?,24?,25?/m0/s1. The fourth-order valence-corrected chi connectivity index (χ4v) is 6.05. The number of halogens is 1. The van der Waals surface area contributed by atoms with E-state index in [1.165, 1.54) is 37.7 Å². The van der Waals surface area contributed by atoms with Crippen LogP contribution in [0.1, 0.15) is 71.1 Å². The van der Waals surface area contributed by atoms with E-state index in [1.54, 1.807) is 0 Å². The molecule has 4 rings (SSSR count). The lowest BCUT2D eigenvalue weighted by atomic mass is 9.88. The van der Waals surface area contributed by atoms with Crippen LogP contribution in [0.15, 0.2) is 11.6 Å². The van der Waals surface area contributed by atoms with E-state index in [2.05, 4.69) is 44.9 Å². The van der Waals surface area contributed by atoms with Gasteiger partial charge in [-0.3, -0.25) is 26.6 Å². The number of aliphatic hydroxyl groups excluding tert-OH is 1. The molecule has 0 radical (unpaired) electrons. The molecule has 7 atom stereocenters. The van der Waals surface area contributed by atoms with Crippen LogP contribution in [-0.2, 0) is 0 Å². The summed E-state index contributed by atoms with van der Waals surface area (Å²) in [4.78, 5) is 0. The number of alkyl halides is 1. The van der Waals surface area contributed by atoms with Gasteiger partial charge < -0.3 is 10.4 Å². The summed E-state index contributed by atoms with van der Waals surface area (Å²) in [6, 6.07) is 0.205. The van der Waals surface area contributed by atoms with Crippen LogP contribution in [0.25, 0.3) is 0 Å². The van der Waals surface area contributed by atoms with Crippen LogP contribution in [0.3, 0.4) is 0 Å². The number of aliphatic hydroxyl groups is 1. The summed E-state index contributed by atoms with van der Waals surface area (Å²) in [5.74, 6) is 0.872. The molecule has 2 aliphatic heterocycles. The molecule has 0 spiro atoms. The first-order valence-corrected chi connectivity index (χ1v) is 13.5. The van der Waals surface area contributed by atoms with Gasteiger partial charge in [-0.05, 0) is 57.8 Å². The predicted octanol–water partition coefficient (Wildman–Crippen LogP) is 1.66. The molecule has 2 saturated heterocycles. The summed E-state index contributed by atoms with van der Waals surface area (Å²) in [5.41, 5.74) is 1.31. The van der Waals surface area contributed by atoms with Gasteiger partial charge in [0.05, 0.1) is 18.5 Å². The largest absolute Gasteiger partial charge is 0.378 e. The average molecular weight is 467 g/mol. The molecule has 0 bridgehead atoms. The minimum atomic E-state index is -0.686. The smallest absolute Gasteiger partial charge is 0.107 e. The molecule has 0 aromatic carbocycles. The van der Waals surface area contributed by atoms with Crippen LogP contribution in [0, 0.1) is 11.8 Å². The van der Waals surface area contributed by atoms with Crippen molar-refractivity contribution in [2.24, 2.45) is 11.8 Å². The van der Waals surface area contributed by atoms with Crippen molar-refractivity contribution in [2.45, 2.75) is 108 Å². The van der Waals surface area contributed by atoms with Gasteiger partial charge in [-0.1, -0.05) is 30.9 Å². The van der Waals surface area contributed by atoms with Gasteiger partial charge in [-0.15, -0.1) is 0 Å². The molecule has 0 aromatic rings. The Labute approximate surface area is 199 Å². The minimum absolute atomic E-state index is 0.0999. The van der Waals surface area contributed by atoms with Crippen LogP contribution in [0.5, 0.6) is 0 Å². The summed E-state index contributed by atoms with van der Waals surface area (Å²) in [7, 11) is 0. The number of allylic oxidation sites excluding steroid dienone is 1. The van der Waals surface area contributed by atoms with Crippen LogP contribution in [-0.4, -0.2) is 68.2 Å². The maximum Gasteiger partial charge on any atom is 0.107 e. The van der Waals surface area contributed by atoms with Crippen molar-refractivity contribution in [3.05, 3.63) is 11.6 Å².